The largest absolute Gasteiger partial charge is 0.330 e. The van der Waals surface area contributed by atoms with Crippen molar-refractivity contribution in [2.45, 2.75) is 12.8 Å². The third-order valence-corrected chi connectivity index (χ3v) is 2.97. The van der Waals surface area contributed by atoms with Gasteiger partial charge in [-0.1, -0.05) is 18.5 Å². The first-order valence-electron chi connectivity index (χ1n) is 5.60. The van der Waals surface area contributed by atoms with E-state index in [1.165, 1.54) is 6.07 Å². The van der Waals surface area contributed by atoms with Crippen LogP contribution in [0.25, 0.3) is 11.3 Å². The normalized spacial score (nSPS) is 12.4. The first kappa shape index (κ1) is 12.9. The highest BCUT2D eigenvalue weighted by Crippen LogP contribution is 2.24. The summed E-state index contributed by atoms with van der Waals surface area (Å²) in [5, 5.41) is 0.0829. The van der Waals surface area contributed by atoms with E-state index in [4.69, 9.17) is 17.3 Å². The molecule has 0 aliphatic rings. The molecule has 2 aromatic rings. The van der Waals surface area contributed by atoms with Gasteiger partial charge in [0.25, 0.3) is 0 Å². The number of hydrogen-bond acceptors (Lipinski definition) is 3. The van der Waals surface area contributed by atoms with Gasteiger partial charge in [-0.3, -0.25) is 0 Å². The fraction of sp³-hybridized carbons (Fsp3) is 0.231. The third kappa shape index (κ3) is 2.66. The second-order valence-corrected chi connectivity index (χ2v) is 4.47. The smallest absolute Gasteiger partial charge is 0.141 e. The lowest BCUT2D eigenvalue weighted by Crippen LogP contribution is -2.12. The summed E-state index contributed by atoms with van der Waals surface area (Å²) >= 11 is 5.75. The van der Waals surface area contributed by atoms with Crippen molar-refractivity contribution >= 4 is 11.6 Å². The second kappa shape index (κ2) is 5.42. The van der Waals surface area contributed by atoms with Crippen molar-refractivity contribution in [1.29, 1.82) is 0 Å². The van der Waals surface area contributed by atoms with Crippen LogP contribution in [-0.4, -0.2) is 16.5 Å². The van der Waals surface area contributed by atoms with Crippen molar-refractivity contribution in [1.82, 2.24) is 9.97 Å². The predicted octanol–water partition coefficient (Wildman–Crippen LogP) is 3.00. The molecule has 1 heterocycles. The van der Waals surface area contributed by atoms with Crippen LogP contribution in [0.3, 0.4) is 0 Å². The first-order valence-corrected chi connectivity index (χ1v) is 5.98. The second-order valence-electron chi connectivity index (χ2n) is 4.07. The molecule has 0 aliphatic heterocycles. The molecule has 0 bridgehead atoms. The van der Waals surface area contributed by atoms with Gasteiger partial charge in [0, 0.05) is 24.2 Å². The minimum absolute atomic E-state index is 0.0829. The molecule has 18 heavy (non-hydrogen) atoms. The molecule has 0 radical (unpaired) electrons. The average Bonchev–Trinajstić information content (AvgIpc) is 2.41. The van der Waals surface area contributed by atoms with Crippen molar-refractivity contribution in [3.8, 4) is 11.3 Å². The lowest BCUT2D eigenvalue weighted by atomic mass is 10.1. The molecule has 5 heteroatoms. The molecule has 1 unspecified atom stereocenters. The summed E-state index contributed by atoms with van der Waals surface area (Å²) in [4.78, 5) is 8.59. The van der Waals surface area contributed by atoms with E-state index in [1.54, 1.807) is 24.4 Å². The summed E-state index contributed by atoms with van der Waals surface area (Å²) in [6.45, 7) is 2.43. The van der Waals surface area contributed by atoms with E-state index >= 15 is 0 Å². The average molecular weight is 266 g/mol. The Hall–Kier alpha value is -1.52. The number of aromatic nitrogens is 2. The molecule has 0 saturated carbocycles. The van der Waals surface area contributed by atoms with Crippen LogP contribution in [0.5, 0.6) is 0 Å². The molecule has 2 rings (SSSR count). The zero-order valence-corrected chi connectivity index (χ0v) is 10.7. The number of nitrogens with zero attached hydrogens (tertiary/aromatic N) is 2. The predicted molar refractivity (Wildman–Crippen MR) is 69.9 cm³/mol. The molecule has 3 nitrogen and oxygen atoms in total. The van der Waals surface area contributed by atoms with Gasteiger partial charge in [-0.25, -0.2) is 14.4 Å². The fourth-order valence-corrected chi connectivity index (χ4v) is 1.71. The highest BCUT2D eigenvalue weighted by atomic mass is 35.5. The number of hydrogen-bond donors (Lipinski definition) is 1. The molecule has 1 aromatic heterocycles. The SMILES string of the molecule is CC(CN)c1nccc(-c2ccc(F)c(Cl)c2)n1. The van der Waals surface area contributed by atoms with Crippen molar-refractivity contribution in [3.63, 3.8) is 0 Å². The number of benzene rings is 1. The Morgan fingerprint density at radius 1 is 1.39 bits per heavy atom. The summed E-state index contributed by atoms with van der Waals surface area (Å²) < 4.78 is 13.1. The maximum atomic E-state index is 13.1. The zero-order chi connectivity index (χ0) is 13.1. The summed E-state index contributed by atoms with van der Waals surface area (Å²) in [7, 11) is 0. The van der Waals surface area contributed by atoms with Crippen LogP contribution in [0.15, 0.2) is 30.5 Å². The Morgan fingerprint density at radius 3 is 2.83 bits per heavy atom. The molecule has 0 aliphatic carbocycles. The number of rotatable bonds is 3. The van der Waals surface area contributed by atoms with E-state index in [1.807, 2.05) is 6.92 Å². The number of nitrogens with two attached hydrogens (primary N) is 1. The summed E-state index contributed by atoms with van der Waals surface area (Å²) in [6.07, 6.45) is 1.67. The third-order valence-electron chi connectivity index (χ3n) is 2.68. The van der Waals surface area contributed by atoms with Gasteiger partial charge < -0.3 is 5.73 Å². The van der Waals surface area contributed by atoms with Crippen LogP contribution in [0.1, 0.15) is 18.7 Å². The summed E-state index contributed by atoms with van der Waals surface area (Å²) in [5.41, 5.74) is 7.06. The lowest BCUT2D eigenvalue weighted by molar-refractivity contribution is 0.628. The van der Waals surface area contributed by atoms with Crippen LogP contribution >= 0.6 is 11.6 Å². The number of halogens is 2. The van der Waals surface area contributed by atoms with Gasteiger partial charge >= 0.3 is 0 Å². The van der Waals surface area contributed by atoms with E-state index in [9.17, 15) is 4.39 Å². The molecule has 1 aromatic carbocycles. The molecule has 2 N–H and O–H groups in total. The van der Waals surface area contributed by atoms with E-state index in [0.29, 0.717) is 18.1 Å². The van der Waals surface area contributed by atoms with E-state index < -0.39 is 5.82 Å². The molecule has 0 saturated heterocycles. The Kier molecular flexibility index (Phi) is 3.89. The fourth-order valence-electron chi connectivity index (χ4n) is 1.53. The molecule has 94 valence electrons. The minimum atomic E-state index is -0.440. The van der Waals surface area contributed by atoms with Crippen LogP contribution < -0.4 is 5.73 Å². The van der Waals surface area contributed by atoms with Gasteiger partial charge in [-0.15, -0.1) is 0 Å². The maximum absolute atomic E-state index is 13.1. The highest BCUT2D eigenvalue weighted by molar-refractivity contribution is 6.31. The lowest BCUT2D eigenvalue weighted by Gasteiger charge is -2.08. The molecular weight excluding hydrogens is 253 g/mol. The van der Waals surface area contributed by atoms with Crippen molar-refractivity contribution < 1.29 is 4.39 Å². The van der Waals surface area contributed by atoms with E-state index in [-0.39, 0.29) is 10.9 Å². The molecule has 0 spiro atoms. The molecule has 0 amide bonds. The van der Waals surface area contributed by atoms with Crippen molar-refractivity contribution in [2.24, 2.45) is 5.73 Å². The zero-order valence-electron chi connectivity index (χ0n) is 9.90. The van der Waals surface area contributed by atoms with Gasteiger partial charge in [0.15, 0.2) is 0 Å². The monoisotopic (exact) mass is 265 g/mol. The van der Waals surface area contributed by atoms with Crippen LogP contribution in [0.2, 0.25) is 5.02 Å². The Balaban J connectivity index is 2.41. The summed E-state index contributed by atoms with van der Waals surface area (Å²) in [6, 6.07) is 6.28. The maximum Gasteiger partial charge on any atom is 0.141 e. The topological polar surface area (TPSA) is 51.8 Å². The van der Waals surface area contributed by atoms with Crippen LogP contribution in [-0.2, 0) is 0 Å². The van der Waals surface area contributed by atoms with Crippen molar-refractivity contribution in [3.05, 3.63) is 47.1 Å². The summed E-state index contributed by atoms with van der Waals surface area (Å²) in [5.74, 6) is 0.321. The van der Waals surface area contributed by atoms with Gasteiger partial charge in [-0.2, -0.15) is 0 Å². The van der Waals surface area contributed by atoms with Crippen LogP contribution in [0.4, 0.5) is 4.39 Å². The van der Waals surface area contributed by atoms with Gasteiger partial charge in [0.05, 0.1) is 10.7 Å². The highest BCUT2D eigenvalue weighted by Gasteiger charge is 2.09. The molecular formula is C13H13ClFN3. The van der Waals surface area contributed by atoms with E-state index in [0.717, 1.165) is 5.56 Å². The first-order chi connectivity index (χ1) is 8.61. The van der Waals surface area contributed by atoms with Crippen LogP contribution in [0, 0.1) is 5.82 Å². The minimum Gasteiger partial charge on any atom is -0.330 e. The van der Waals surface area contributed by atoms with Gasteiger partial charge in [-0.05, 0) is 24.3 Å². The van der Waals surface area contributed by atoms with Gasteiger partial charge in [0.2, 0.25) is 0 Å². The van der Waals surface area contributed by atoms with E-state index in [2.05, 4.69) is 9.97 Å². The quantitative estimate of drug-likeness (QED) is 0.928. The molecule has 0 fully saturated rings. The Morgan fingerprint density at radius 2 is 2.17 bits per heavy atom. The van der Waals surface area contributed by atoms with Gasteiger partial charge in [0.1, 0.15) is 11.6 Å². The standard InChI is InChI=1S/C13H13ClFN3/c1-8(7-16)13-17-5-4-12(18-13)9-2-3-11(15)10(14)6-9/h2-6,8H,7,16H2,1H3. The Bertz CT molecular complexity index is 560. The Labute approximate surface area is 110 Å². The molecule has 1 atom stereocenters. The van der Waals surface area contributed by atoms with Crippen molar-refractivity contribution in [2.75, 3.05) is 6.54 Å².